The highest BCUT2D eigenvalue weighted by Crippen LogP contribution is 2.32. The number of allylic oxidation sites excluding steroid dienone is 2. The Morgan fingerprint density at radius 3 is 1.40 bits per heavy atom. The highest BCUT2D eigenvalue weighted by Gasteiger charge is 2.13. The molecule has 12 bridgehead atoms. The van der Waals surface area contributed by atoms with Gasteiger partial charge in [0.1, 0.15) is 0 Å². The number of hydrogen-bond donors (Lipinski definition) is 1. The van der Waals surface area contributed by atoms with E-state index in [0.29, 0.717) is 39.3 Å². The van der Waals surface area contributed by atoms with Gasteiger partial charge in [-0.25, -0.2) is 0 Å². The van der Waals surface area contributed by atoms with E-state index in [1.807, 2.05) is 12.4 Å². The summed E-state index contributed by atoms with van der Waals surface area (Å²) in [6.07, 6.45) is 23.5. The molecule has 1 aliphatic rings. The highest BCUT2D eigenvalue weighted by atomic mass is 16.5. The molecule has 6 heteroatoms. The van der Waals surface area contributed by atoms with Crippen LogP contribution in [0.2, 0.25) is 0 Å². The van der Waals surface area contributed by atoms with E-state index in [1.165, 1.54) is 86.7 Å². The Morgan fingerprint density at radius 2 is 0.905 bits per heavy atom. The molecule has 0 unspecified atom stereocenters. The predicted octanol–water partition coefficient (Wildman–Crippen LogP) is 14.1. The number of ether oxygens (including phenoxy) is 2. The van der Waals surface area contributed by atoms with Gasteiger partial charge in [0.05, 0.1) is 43.6 Å². The molecule has 0 spiro atoms. The molecule has 6 aromatic rings. The molecule has 7 rings (SSSR count). The van der Waals surface area contributed by atoms with Gasteiger partial charge in [-0.2, -0.15) is 0 Å². The van der Waals surface area contributed by atoms with Crippen LogP contribution in [0, 0.1) is 13.8 Å². The Kier molecular flexibility index (Phi) is 17.5. The monoisotopic (exact) mass is 845 g/mol. The van der Waals surface area contributed by atoms with Gasteiger partial charge in [-0.15, -0.1) is 0 Å². The molecule has 2 aromatic heterocycles. The van der Waals surface area contributed by atoms with Gasteiger partial charge in [0.15, 0.2) is 5.78 Å². The van der Waals surface area contributed by atoms with E-state index < -0.39 is 0 Å². The van der Waals surface area contributed by atoms with E-state index in [1.54, 1.807) is 0 Å². The fourth-order valence-corrected chi connectivity index (χ4v) is 9.41. The number of carbonyl (C=O) groups excluding carboxylic acids is 1. The summed E-state index contributed by atoms with van der Waals surface area (Å²) >= 11 is 0. The first-order valence-electron chi connectivity index (χ1n) is 23.9. The number of aliphatic hydroxyl groups is 1. The average Bonchev–Trinajstić information content (AvgIpc) is 3.28. The lowest BCUT2D eigenvalue weighted by atomic mass is 9.95. The number of aliphatic hydroxyl groups excluding tert-OH is 1. The summed E-state index contributed by atoms with van der Waals surface area (Å²) in [5.41, 5.74) is 12.1. The zero-order valence-corrected chi connectivity index (χ0v) is 37.9. The molecule has 1 aliphatic heterocycles. The fourth-order valence-electron chi connectivity index (χ4n) is 9.41. The number of carbonyl (C=O) groups is 1. The van der Waals surface area contributed by atoms with Crippen LogP contribution < -0.4 is 0 Å². The van der Waals surface area contributed by atoms with Crippen LogP contribution in [0.1, 0.15) is 123 Å². The molecule has 0 fully saturated rings. The Labute approximate surface area is 376 Å². The molecule has 6 nitrogen and oxygen atoms in total. The van der Waals surface area contributed by atoms with Crippen molar-refractivity contribution in [3.8, 4) is 22.5 Å². The third kappa shape index (κ3) is 13.7. The van der Waals surface area contributed by atoms with Crippen molar-refractivity contribution in [3.05, 3.63) is 143 Å². The number of benzene rings is 4. The molecule has 1 N–H and O–H groups in total. The van der Waals surface area contributed by atoms with Crippen molar-refractivity contribution >= 4 is 27.3 Å². The van der Waals surface area contributed by atoms with Gasteiger partial charge >= 0.3 is 0 Å². The molecular weight excluding hydrogens is 777 g/mol. The molecule has 4 aromatic carbocycles. The summed E-state index contributed by atoms with van der Waals surface area (Å²) in [5.74, 6) is 0.296. The van der Waals surface area contributed by atoms with Gasteiger partial charge in [0, 0.05) is 53.2 Å². The summed E-state index contributed by atoms with van der Waals surface area (Å²) in [6, 6.07) is 31.2. The number of rotatable bonds is 0. The van der Waals surface area contributed by atoms with Crippen LogP contribution in [0.4, 0.5) is 0 Å². The quantitative estimate of drug-likeness (QED) is 0.164. The average molecular weight is 845 g/mol. The van der Waals surface area contributed by atoms with Gasteiger partial charge in [0.2, 0.25) is 0 Å². The lowest BCUT2D eigenvalue weighted by molar-refractivity contribution is -0.114. The van der Waals surface area contributed by atoms with Crippen molar-refractivity contribution in [3.63, 3.8) is 0 Å². The summed E-state index contributed by atoms with van der Waals surface area (Å²) < 4.78 is 12.2. The largest absolute Gasteiger partial charge is 0.512 e. The molecular formula is C57H68N2O4. The zero-order chi connectivity index (χ0) is 43.6. The molecule has 0 amide bonds. The lowest BCUT2D eigenvalue weighted by Crippen LogP contribution is -2.09. The molecule has 330 valence electrons. The molecule has 0 radical (unpaired) electrons. The first-order chi connectivity index (χ1) is 30.9. The van der Waals surface area contributed by atoms with Crippen molar-refractivity contribution < 1.29 is 19.4 Å². The van der Waals surface area contributed by atoms with Crippen LogP contribution in [0.15, 0.2) is 109 Å². The maximum absolute atomic E-state index is 12.5. The summed E-state index contributed by atoms with van der Waals surface area (Å²) in [7, 11) is 0. The summed E-state index contributed by atoms with van der Waals surface area (Å²) in [4.78, 5) is 22.4. The number of aromatic nitrogens is 2. The van der Waals surface area contributed by atoms with Crippen molar-refractivity contribution in [2.45, 2.75) is 129 Å². The van der Waals surface area contributed by atoms with Crippen LogP contribution in [0.5, 0.6) is 0 Å². The van der Waals surface area contributed by atoms with Gasteiger partial charge in [0.25, 0.3) is 0 Å². The van der Waals surface area contributed by atoms with E-state index in [2.05, 4.69) is 98.8 Å². The molecule has 0 saturated heterocycles. The van der Waals surface area contributed by atoms with Gasteiger partial charge in [-0.3, -0.25) is 14.8 Å². The van der Waals surface area contributed by atoms with E-state index in [4.69, 9.17) is 19.4 Å². The Morgan fingerprint density at radius 1 is 0.460 bits per heavy atom. The third-order valence-corrected chi connectivity index (χ3v) is 12.6. The number of aryl methyl sites for hydroxylation is 4. The molecule has 0 atom stereocenters. The molecule has 0 aliphatic carbocycles. The van der Waals surface area contributed by atoms with Crippen LogP contribution >= 0.6 is 0 Å². The van der Waals surface area contributed by atoms with E-state index >= 15 is 0 Å². The maximum atomic E-state index is 12.5. The number of fused-ring (bicyclic) bond motifs is 6. The lowest BCUT2D eigenvalue weighted by Gasteiger charge is -2.13. The van der Waals surface area contributed by atoms with Gasteiger partial charge in [-0.1, -0.05) is 111 Å². The normalized spacial score (nSPS) is 17.0. The highest BCUT2D eigenvalue weighted by molar-refractivity contribution is 5.97. The first-order valence-corrected chi connectivity index (χ1v) is 23.9. The van der Waals surface area contributed by atoms with Crippen LogP contribution in [-0.4, -0.2) is 47.3 Å². The van der Waals surface area contributed by atoms with Crippen molar-refractivity contribution in [1.29, 1.82) is 0 Å². The third-order valence-electron chi connectivity index (χ3n) is 12.6. The topological polar surface area (TPSA) is 81.5 Å². The predicted molar refractivity (Wildman–Crippen MR) is 261 cm³/mol. The first kappa shape index (κ1) is 45.8. The second-order valence-electron chi connectivity index (χ2n) is 17.8. The minimum absolute atomic E-state index is 0.0544. The fraction of sp³-hybridized carbons (Fsp3) is 0.421. The van der Waals surface area contributed by atoms with E-state index in [0.717, 1.165) is 99.6 Å². The van der Waals surface area contributed by atoms with Crippen LogP contribution in [-0.2, 0) is 40.0 Å². The van der Waals surface area contributed by atoms with Crippen molar-refractivity contribution in [2.24, 2.45) is 0 Å². The second kappa shape index (κ2) is 24.0. The minimum Gasteiger partial charge on any atom is -0.512 e. The van der Waals surface area contributed by atoms with Crippen molar-refractivity contribution in [2.75, 3.05) is 26.4 Å². The molecule has 3 heterocycles. The number of hydrogen-bond acceptors (Lipinski definition) is 6. The van der Waals surface area contributed by atoms with E-state index in [9.17, 15) is 9.90 Å². The smallest absolute Gasteiger partial charge is 0.159 e. The maximum Gasteiger partial charge on any atom is 0.159 e. The Hall–Kier alpha value is -5.17. The summed E-state index contributed by atoms with van der Waals surface area (Å²) in [6.45, 7) is 6.74. The SMILES string of the molecule is Cc1cc2cc(c1)-c1nccc3c(cccc13)CCCCCCCCC(=O)C=C(O)CCCCCCCCc1cccc3c(nccc13)-c1cc(C)cc(c1)CCOCCOCC2. The van der Waals surface area contributed by atoms with E-state index in [-0.39, 0.29) is 11.5 Å². The summed E-state index contributed by atoms with van der Waals surface area (Å²) in [5, 5.41) is 15.4. The molecule has 63 heavy (non-hydrogen) atoms. The number of ketones is 1. The number of pyridine rings is 2. The molecule has 0 saturated carbocycles. The van der Waals surface area contributed by atoms with Gasteiger partial charge in [-0.05, 0) is 135 Å². The zero-order valence-electron chi connectivity index (χ0n) is 37.9. The minimum atomic E-state index is 0.0544. The Bertz CT molecular complexity index is 2450. The standard InChI is InChI=1S/C57H68N2O4/c1-42-35-44-27-31-62-33-34-63-32-28-45-36-43(2)38-49(40-45)57-55-24-16-20-47(53(55)26-30-59-57)18-12-8-4-6-10-14-22-51(61)41-50(60)21-13-9-5-3-7-11-17-46-19-15-23-54-52(46)25-29-58-56(54)48(37-42)39-44/h15-16,19-20,23-26,29-30,35-41,60H,3-14,17-18,21-22,27-28,31-34H2,1-2H3. The number of nitrogens with zero attached hydrogens (tertiary/aromatic N) is 2. The van der Waals surface area contributed by atoms with Crippen LogP contribution in [0.25, 0.3) is 44.1 Å². The Balaban J connectivity index is 0.991. The van der Waals surface area contributed by atoms with Crippen LogP contribution in [0.3, 0.4) is 0 Å². The second-order valence-corrected chi connectivity index (χ2v) is 17.8. The van der Waals surface area contributed by atoms with Crippen molar-refractivity contribution in [1.82, 2.24) is 9.97 Å². The van der Waals surface area contributed by atoms with Gasteiger partial charge < -0.3 is 14.6 Å².